The normalized spacial score (nSPS) is 11.2. The van der Waals surface area contributed by atoms with Gasteiger partial charge in [-0.05, 0) is 35.4 Å². The Bertz CT molecular complexity index is 1200. The van der Waals surface area contributed by atoms with Crippen molar-refractivity contribution in [1.29, 1.82) is 0 Å². The van der Waals surface area contributed by atoms with E-state index in [9.17, 15) is 19.2 Å². The van der Waals surface area contributed by atoms with Crippen LogP contribution in [0.5, 0.6) is 0 Å². The van der Waals surface area contributed by atoms with Crippen molar-refractivity contribution in [3.8, 4) is 0 Å². The van der Waals surface area contributed by atoms with Crippen LogP contribution in [0.4, 0.5) is 0 Å². The Balaban J connectivity index is 1.61. The number of carbonyl (C=O) groups excluding carboxylic acids is 4. The Morgan fingerprint density at radius 1 is 0.800 bits per heavy atom. The summed E-state index contributed by atoms with van der Waals surface area (Å²) in [5, 5.41) is 8.47. The largest absolute Gasteiger partial charge is 0.368 e. The Hall–Kier alpha value is -4.17. The summed E-state index contributed by atoms with van der Waals surface area (Å²) >= 11 is 6.15. The Morgan fingerprint density at radius 2 is 1.46 bits per heavy atom. The molecule has 8 nitrogen and oxygen atoms in total. The minimum Gasteiger partial charge on any atom is -0.368 e. The van der Waals surface area contributed by atoms with Crippen LogP contribution in [0.25, 0.3) is 0 Å². The fourth-order valence-electron chi connectivity index (χ4n) is 3.32. The van der Waals surface area contributed by atoms with Crippen molar-refractivity contribution in [2.24, 2.45) is 5.73 Å². The van der Waals surface area contributed by atoms with Gasteiger partial charge in [-0.25, -0.2) is 0 Å². The third-order valence-electron chi connectivity index (χ3n) is 5.14. The van der Waals surface area contributed by atoms with Gasteiger partial charge in [0.15, 0.2) is 0 Å². The van der Waals surface area contributed by atoms with Gasteiger partial charge in [-0.15, -0.1) is 0 Å². The second-order valence-corrected chi connectivity index (χ2v) is 8.15. The first kappa shape index (κ1) is 25.5. The van der Waals surface area contributed by atoms with Crippen LogP contribution in [0, 0.1) is 0 Å². The lowest BCUT2D eigenvalue weighted by molar-refractivity contribution is -0.121. The number of amides is 4. The highest BCUT2D eigenvalue weighted by molar-refractivity contribution is 6.33. The van der Waals surface area contributed by atoms with E-state index < -0.39 is 17.9 Å². The summed E-state index contributed by atoms with van der Waals surface area (Å²) in [4.78, 5) is 48.3. The fourth-order valence-corrected chi connectivity index (χ4v) is 3.54. The third-order valence-corrected chi connectivity index (χ3v) is 5.47. The highest BCUT2D eigenvalue weighted by atomic mass is 35.5. The molecule has 0 radical (unpaired) electrons. The highest BCUT2D eigenvalue weighted by Gasteiger charge is 2.20. The molecule has 0 aliphatic rings. The van der Waals surface area contributed by atoms with Crippen molar-refractivity contribution in [2.75, 3.05) is 6.54 Å². The van der Waals surface area contributed by atoms with Gasteiger partial charge in [-0.1, -0.05) is 66.2 Å². The first-order valence-corrected chi connectivity index (χ1v) is 11.2. The van der Waals surface area contributed by atoms with Crippen molar-refractivity contribution in [3.63, 3.8) is 0 Å². The van der Waals surface area contributed by atoms with Crippen LogP contribution in [0.15, 0.2) is 78.9 Å². The molecule has 0 bridgehead atoms. The predicted molar refractivity (Wildman–Crippen MR) is 133 cm³/mol. The monoisotopic (exact) mass is 492 g/mol. The summed E-state index contributed by atoms with van der Waals surface area (Å²) in [6.07, 6.45) is 0.0216. The van der Waals surface area contributed by atoms with E-state index in [1.165, 1.54) is 0 Å². The van der Waals surface area contributed by atoms with Crippen LogP contribution >= 0.6 is 11.6 Å². The van der Waals surface area contributed by atoms with Gasteiger partial charge in [0.25, 0.3) is 11.8 Å². The molecule has 0 aromatic heterocycles. The summed E-state index contributed by atoms with van der Waals surface area (Å²) < 4.78 is 0. The lowest BCUT2D eigenvalue weighted by Gasteiger charge is -2.19. The molecule has 180 valence electrons. The van der Waals surface area contributed by atoms with Crippen molar-refractivity contribution in [1.82, 2.24) is 16.0 Å². The zero-order valence-electron chi connectivity index (χ0n) is 18.8. The molecule has 1 atom stereocenters. The quantitative estimate of drug-likeness (QED) is 0.346. The van der Waals surface area contributed by atoms with E-state index >= 15 is 0 Å². The van der Waals surface area contributed by atoms with E-state index in [2.05, 4.69) is 16.0 Å². The summed E-state index contributed by atoms with van der Waals surface area (Å²) in [7, 11) is 0. The maximum Gasteiger partial charge on any atom is 0.253 e. The Labute approximate surface area is 207 Å². The van der Waals surface area contributed by atoms with Gasteiger partial charge in [-0.3, -0.25) is 19.2 Å². The lowest BCUT2D eigenvalue weighted by Crippen LogP contribution is -2.34. The zero-order valence-corrected chi connectivity index (χ0v) is 19.5. The van der Waals surface area contributed by atoms with Crippen molar-refractivity contribution < 1.29 is 19.2 Å². The first-order valence-electron chi connectivity index (χ1n) is 10.9. The number of nitrogens with two attached hydrogens (primary N) is 1. The number of hydrogen-bond acceptors (Lipinski definition) is 4. The van der Waals surface area contributed by atoms with Crippen LogP contribution in [0.1, 0.15) is 44.3 Å². The van der Waals surface area contributed by atoms with Crippen LogP contribution in [0.2, 0.25) is 5.02 Å². The van der Waals surface area contributed by atoms with Crippen molar-refractivity contribution >= 4 is 35.2 Å². The van der Waals surface area contributed by atoms with Gasteiger partial charge in [0.1, 0.15) is 0 Å². The van der Waals surface area contributed by atoms with Crippen LogP contribution in [0.3, 0.4) is 0 Å². The number of benzene rings is 3. The van der Waals surface area contributed by atoms with E-state index in [1.807, 2.05) is 30.3 Å². The molecular formula is C26H25ClN4O4. The molecular weight excluding hydrogens is 468 g/mol. The van der Waals surface area contributed by atoms with Crippen molar-refractivity contribution in [3.05, 3.63) is 106 Å². The molecule has 9 heteroatoms. The minimum atomic E-state index is -0.630. The maximum atomic E-state index is 12.8. The number of nitrogens with one attached hydrogen (secondary N) is 3. The minimum absolute atomic E-state index is 0.0216. The van der Waals surface area contributed by atoms with Gasteiger partial charge in [0, 0.05) is 12.1 Å². The molecule has 0 saturated heterocycles. The molecule has 0 aliphatic carbocycles. The molecule has 3 aromatic carbocycles. The maximum absolute atomic E-state index is 12.8. The molecule has 35 heavy (non-hydrogen) atoms. The fraction of sp³-hybridized carbons (Fsp3) is 0.154. The number of primary amides is 1. The molecule has 3 rings (SSSR count). The van der Waals surface area contributed by atoms with E-state index in [-0.39, 0.29) is 31.3 Å². The molecule has 1 unspecified atom stereocenters. The van der Waals surface area contributed by atoms with Crippen LogP contribution < -0.4 is 21.7 Å². The van der Waals surface area contributed by atoms with Crippen LogP contribution in [-0.2, 0) is 16.1 Å². The van der Waals surface area contributed by atoms with Gasteiger partial charge in [-0.2, -0.15) is 0 Å². The second kappa shape index (κ2) is 12.3. The smallest absolute Gasteiger partial charge is 0.253 e. The number of hydrogen-bond donors (Lipinski definition) is 4. The average molecular weight is 493 g/mol. The van der Waals surface area contributed by atoms with Gasteiger partial charge in [0.2, 0.25) is 11.8 Å². The number of rotatable bonds is 10. The van der Waals surface area contributed by atoms with E-state index in [4.69, 9.17) is 17.3 Å². The number of carbonyl (C=O) groups is 4. The van der Waals surface area contributed by atoms with Gasteiger partial charge in [0.05, 0.1) is 29.6 Å². The first-order chi connectivity index (χ1) is 16.8. The molecule has 0 spiro atoms. The summed E-state index contributed by atoms with van der Waals surface area (Å²) in [6.45, 7) is -0.00573. The van der Waals surface area contributed by atoms with Gasteiger partial charge >= 0.3 is 0 Å². The predicted octanol–water partition coefficient (Wildman–Crippen LogP) is 2.73. The number of halogens is 1. The molecule has 4 amide bonds. The van der Waals surface area contributed by atoms with Crippen molar-refractivity contribution in [2.45, 2.75) is 19.0 Å². The third kappa shape index (κ3) is 7.68. The topological polar surface area (TPSA) is 130 Å². The Kier molecular flexibility index (Phi) is 8.97. The molecule has 0 saturated carbocycles. The molecule has 0 aliphatic heterocycles. The average Bonchev–Trinajstić information content (AvgIpc) is 2.86. The van der Waals surface area contributed by atoms with Gasteiger partial charge < -0.3 is 21.7 Å². The summed E-state index contributed by atoms with van der Waals surface area (Å²) in [6, 6.07) is 21.9. The standard InChI is InChI=1S/C26H25ClN4O4/c27-21-9-5-4-8-20(21)26(35)31-22(18-6-2-1-3-7-18)14-24(33)29-15-17-10-12-19(13-11-17)25(34)30-16-23(28)32/h1-13,22H,14-16H2,(H2,28,32)(H,29,33)(H,30,34)(H,31,35). The molecule has 3 aromatic rings. The SMILES string of the molecule is NC(=O)CNC(=O)c1ccc(CNC(=O)CC(NC(=O)c2ccccc2Cl)c2ccccc2)cc1. The highest BCUT2D eigenvalue weighted by Crippen LogP contribution is 2.20. The molecule has 5 N–H and O–H groups in total. The summed E-state index contributed by atoms with van der Waals surface area (Å²) in [5.41, 5.74) is 7.28. The van der Waals surface area contributed by atoms with E-state index in [0.717, 1.165) is 11.1 Å². The van der Waals surface area contributed by atoms with E-state index in [0.29, 0.717) is 16.1 Å². The Morgan fingerprint density at radius 3 is 2.11 bits per heavy atom. The van der Waals surface area contributed by atoms with E-state index in [1.54, 1.807) is 48.5 Å². The van der Waals surface area contributed by atoms with Crippen LogP contribution in [-0.4, -0.2) is 30.2 Å². The second-order valence-electron chi connectivity index (χ2n) is 7.74. The zero-order chi connectivity index (χ0) is 25.2. The molecule has 0 heterocycles. The summed E-state index contributed by atoms with van der Waals surface area (Å²) in [5.74, 6) is -1.68. The lowest BCUT2D eigenvalue weighted by atomic mass is 10.0. The molecule has 0 fully saturated rings.